The molecule has 0 aromatic heterocycles. The van der Waals surface area contributed by atoms with Gasteiger partial charge in [0.25, 0.3) is 0 Å². The highest BCUT2D eigenvalue weighted by Crippen LogP contribution is 2.42. The molecule has 1 aromatic rings. The lowest BCUT2D eigenvalue weighted by atomic mass is 10.3. The molecule has 21 heavy (non-hydrogen) atoms. The molecular weight excluding hydrogens is 290 g/mol. The number of carbonyl (C=O) groups excluding carboxylic acids is 1. The summed E-state index contributed by atoms with van der Waals surface area (Å²) in [5, 5.41) is 11.0. The number of benzene rings is 1. The third kappa shape index (κ3) is 3.71. The Kier molecular flexibility index (Phi) is 3.83. The van der Waals surface area contributed by atoms with Gasteiger partial charge in [0, 0.05) is 25.3 Å². The molecule has 1 aliphatic heterocycles. The smallest absolute Gasteiger partial charge is 0.481 e. The molecule has 1 heterocycles. The van der Waals surface area contributed by atoms with E-state index < -0.39 is 18.3 Å². The van der Waals surface area contributed by atoms with Crippen molar-refractivity contribution in [2.75, 3.05) is 18.9 Å². The second kappa shape index (κ2) is 5.43. The van der Waals surface area contributed by atoms with E-state index in [2.05, 4.69) is 14.8 Å². The quantitative estimate of drug-likeness (QED) is 0.887. The number of fused-ring (bicyclic) bond motifs is 1. The number of carboxylic acid groups (broad SMARTS) is 1. The Morgan fingerprint density at radius 3 is 2.67 bits per heavy atom. The van der Waals surface area contributed by atoms with Crippen LogP contribution in [0.15, 0.2) is 18.2 Å². The number of halogens is 2. The van der Waals surface area contributed by atoms with Gasteiger partial charge in [0.05, 0.1) is 6.42 Å². The predicted molar refractivity (Wildman–Crippen MR) is 66.5 cm³/mol. The summed E-state index contributed by atoms with van der Waals surface area (Å²) < 4.78 is 34.2. The van der Waals surface area contributed by atoms with Crippen molar-refractivity contribution in [3.8, 4) is 11.5 Å². The van der Waals surface area contributed by atoms with Crippen molar-refractivity contribution in [1.29, 1.82) is 0 Å². The summed E-state index contributed by atoms with van der Waals surface area (Å²) in [4.78, 5) is 23.3. The molecule has 2 rings (SSSR count). The van der Waals surface area contributed by atoms with Crippen LogP contribution >= 0.6 is 0 Å². The highest BCUT2D eigenvalue weighted by Gasteiger charge is 2.43. The maximum atomic E-state index is 12.8. The van der Waals surface area contributed by atoms with Gasteiger partial charge < -0.3 is 24.8 Å². The first-order valence-corrected chi connectivity index (χ1v) is 5.90. The molecule has 0 fully saturated rings. The van der Waals surface area contributed by atoms with E-state index >= 15 is 0 Å². The van der Waals surface area contributed by atoms with Gasteiger partial charge in [-0.15, -0.1) is 8.78 Å². The van der Waals surface area contributed by atoms with Gasteiger partial charge in [-0.3, -0.25) is 4.79 Å². The molecule has 1 aromatic carbocycles. The lowest BCUT2D eigenvalue weighted by Gasteiger charge is -2.16. The Hall–Kier alpha value is -2.58. The van der Waals surface area contributed by atoms with Gasteiger partial charge in [-0.1, -0.05) is 0 Å². The van der Waals surface area contributed by atoms with Crippen molar-refractivity contribution < 1.29 is 33.0 Å². The van der Waals surface area contributed by atoms with Crippen LogP contribution in [0.25, 0.3) is 0 Å². The zero-order chi connectivity index (χ0) is 15.6. The van der Waals surface area contributed by atoms with Gasteiger partial charge in [0.2, 0.25) is 0 Å². The number of carboxylic acids is 1. The molecular formula is C12H12F2N2O5. The standard InChI is InChI=1S/C12H12F2N2O5/c1-16(5-4-10(17)18)11(19)15-7-2-3-8-9(6-7)21-12(13,14)20-8/h2-3,6H,4-5H2,1H3,(H,15,19)(H,17,18). The van der Waals surface area contributed by atoms with Crippen LogP contribution < -0.4 is 14.8 Å². The zero-order valence-corrected chi connectivity index (χ0v) is 10.9. The molecule has 0 saturated carbocycles. The number of aliphatic carboxylic acids is 1. The maximum Gasteiger partial charge on any atom is 0.586 e. The topological polar surface area (TPSA) is 88.1 Å². The number of rotatable bonds is 4. The normalized spacial score (nSPS) is 14.6. The molecule has 0 spiro atoms. The molecule has 2 N–H and O–H groups in total. The van der Waals surface area contributed by atoms with Crippen LogP contribution in [-0.2, 0) is 4.79 Å². The average molecular weight is 302 g/mol. The lowest BCUT2D eigenvalue weighted by Crippen LogP contribution is -2.33. The van der Waals surface area contributed by atoms with Crippen LogP contribution in [0.3, 0.4) is 0 Å². The van der Waals surface area contributed by atoms with Gasteiger partial charge in [-0.25, -0.2) is 4.79 Å². The Morgan fingerprint density at radius 1 is 1.33 bits per heavy atom. The number of alkyl halides is 2. The van der Waals surface area contributed by atoms with Gasteiger partial charge in [0.15, 0.2) is 11.5 Å². The average Bonchev–Trinajstić information content (AvgIpc) is 2.68. The summed E-state index contributed by atoms with van der Waals surface area (Å²) in [5.41, 5.74) is 0.224. The fraction of sp³-hybridized carbons (Fsp3) is 0.333. The molecule has 2 amide bonds. The minimum absolute atomic E-state index is 0.0176. The third-order valence-electron chi connectivity index (χ3n) is 2.66. The number of hydrogen-bond acceptors (Lipinski definition) is 4. The van der Waals surface area contributed by atoms with Crippen molar-refractivity contribution in [1.82, 2.24) is 4.90 Å². The highest BCUT2D eigenvalue weighted by molar-refractivity contribution is 5.89. The predicted octanol–water partition coefficient (Wildman–Crippen LogP) is 1.95. The van der Waals surface area contributed by atoms with Gasteiger partial charge >= 0.3 is 18.3 Å². The van der Waals surface area contributed by atoms with Crippen LogP contribution in [0.4, 0.5) is 19.3 Å². The summed E-state index contributed by atoms with van der Waals surface area (Å²) in [6.07, 6.45) is -3.92. The summed E-state index contributed by atoms with van der Waals surface area (Å²) in [5.74, 6) is -1.34. The minimum Gasteiger partial charge on any atom is -0.481 e. The molecule has 0 radical (unpaired) electrons. The number of amides is 2. The van der Waals surface area contributed by atoms with E-state index in [0.29, 0.717) is 0 Å². The van der Waals surface area contributed by atoms with Gasteiger partial charge in [-0.05, 0) is 12.1 Å². The Bertz CT molecular complexity index is 579. The largest absolute Gasteiger partial charge is 0.586 e. The van der Waals surface area contributed by atoms with E-state index in [0.717, 1.165) is 4.90 Å². The van der Waals surface area contributed by atoms with E-state index in [1.165, 1.54) is 25.2 Å². The summed E-state index contributed by atoms with van der Waals surface area (Å²) in [6.45, 7) is 0.0176. The molecule has 0 unspecified atom stereocenters. The molecule has 0 saturated heterocycles. The molecule has 114 valence electrons. The zero-order valence-electron chi connectivity index (χ0n) is 10.9. The first kappa shape index (κ1) is 14.8. The van der Waals surface area contributed by atoms with E-state index in [4.69, 9.17) is 5.11 Å². The second-order valence-corrected chi connectivity index (χ2v) is 4.32. The molecule has 7 nitrogen and oxygen atoms in total. The highest BCUT2D eigenvalue weighted by atomic mass is 19.3. The SMILES string of the molecule is CN(CCC(=O)O)C(=O)Nc1ccc2c(c1)OC(F)(F)O2. The monoisotopic (exact) mass is 302 g/mol. The number of nitrogens with zero attached hydrogens (tertiary/aromatic N) is 1. The number of urea groups is 1. The van der Waals surface area contributed by atoms with Crippen LogP contribution in [-0.4, -0.2) is 41.9 Å². The summed E-state index contributed by atoms with van der Waals surface area (Å²) in [6, 6.07) is 3.23. The van der Waals surface area contributed by atoms with Crippen molar-refractivity contribution in [2.45, 2.75) is 12.7 Å². The van der Waals surface area contributed by atoms with Crippen LogP contribution in [0.1, 0.15) is 6.42 Å². The number of ether oxygens (including phenoxy) is 2. The van der Waals surface area contributed by atoms with Crippen molar-refractivity contribution in [3.05, 3.63) is 18.2 Å². The Balaban J connectivity index is 1.98. The number of hydrogen-bond donors (Lipinski definition) is 2. The molecule has 0 bridgehead atoms. The fourth-order valence-corrected chi connectivity index (χ4v) is 1.61. The minimum atomic E-state index is -3.72. The fourth-order valence-electron chi connectivity index (χ4n) is 1.61. The van der Waals surface area contributed by atoms with E-state index in [9.17, 15) is 18.4 Å². The molecule has 0 atom stereocenters. The first-order chi connectivity index (χ1) is 9.77. The van der Waals surface area contributed by atoms with E-state index in [1.807, 2.05) is 0 Å². The molecule has 1 aliphatic rings. The van der Waals surface area contributed by atoms with Gasteiger partial charge in [0.1, 0.15) is 0 Å². The first-order valence-electron chi connectivity index (χ1n) is 5.90. The Morgan fingerprint density at radius 2 is 2.00 bits per heavy atom. The third-order valence-corrected chi connectivity index (χ3v) is 2.66. The van der Waals surface area contributed by atoms with Crippen LogP contribution in [0, 0.1) is 0 Å². The number of carbonyl (C=O) groups is 2. The van der Waals surface area contributed by atoms with Gasteiger partial charge in [-0.2, -0.15) is 0 Å². The molecule has 0 aliphatic carbocycles. The number of anilines is 1. The second-order valence-electron chi connectivity index (χ2n) is 4.32. The van der Waals surface area contributed by atoms with Crippen molar-refractivity contribution >= 4 is 17.7 Å². The summed E-state index contributed by atoms with van der Waals surface area (Å²) in [7, 11) is 1.42. The van der Waals surface area contributed by atoms with Crippen molar-refractivity contribution in [2.24, 2.45) is 0 Å². The van der Waals surface area contributed by atoms with E-state index in [1.54, 1.807) is 0 Å². The van der Waals surface area contributed by atoms with E-state index in [-0.39, 0.29) is 30.2 Å². The Labute approximate surface area is 118 Å². The van der Waals surface area contributed by atoms with Crippen LogP contribution in [0.2, 0.25) is 0 Å². The number of nitrogens with one attached hydrogen (secondary N) is 1. The molecule has 9 heteroatoms. The maximum absolute atomic E-state index is 12.8. The lowest BCUT2D eigenvalue weighted by molar-refractivity contribution is -0.286. The summed E-state index contributed by atoms with van der Waals surface area (Å²) >= 11 is 0. The van der Waals surface area contributed by atoms with Crippen molar-refractivity contribution in [3.63, 3.8) is 0 Å². The van der Waals surface area contributed by atoms with Crippen LogP contribution in [0.5, 0.6) is 11.5 Å².